The Kier molecular flexibility index (Phi) is 5.96. The summed E-state index contributed by atoms with van der Waals surface area (Å²) in [6.45, 7) is 4.92. The van der Waals surface area contributed by atoms with Gasteiger partial charge in [-0.3, -0.25) is 0 Å². The largest absolute Gasteiger partial charge is 0.313 e. The highest BCUT2D eigenvalue weighted by atomic mass is 32.2. The molecule has 104 valence electrons. The first-order valence-electron chi connectivity index (χ1n) is 6.13. The summed E-state index contributed by atoms with van der Waals surface area (Å²) >= 11 is 0. The minimum absolute atomic E-state index is 0.168. The first-order valence-corrected chi connectivity index (χ1v) is 7.78. The van der Waals surface area contributed by atoms with Crippen LogP contribution in [0, 0.1) is 11.3 Å². The number of hydrogen-bond acceptors (Lipinski definition) is 4. The van der Waals surface area contributed by atoms with Crippen molar-refractivity contribution < 1.29 is 8.42 Å². The molecule has 0 radical (unpaired) electrons. The molecule has 0 bridgehead atoms. The molecule has 0 saturated carbocycles. The van der Waals surface area contributed by atoms with E-state index >= 15 is 0 Å². The average molecular weight is 281 g/mol. The van der Waals surface area contributed by atoms with Gasteiger partial charge in [-0.05, 0) is 11.6 Å². The van der Waals surface area contributed by atoms with E-state index < -0.39 is 10.0 Å². The van der Waals surface area contributed by atoms with Gasteiger partial charge < -0.3 is 5.32 Å². The molecule has 1 aromatic carbocycles. The second-order valence-corrected chi connectivity index (χ2v) is 6.34. The SMILES string of the molecule is CC(C)NCCNS(=O)(=O)Cc1ccccc1C#N. The molecule has 0 unspecified atom stereocenters. The van der Waals surface area contributed by atoms with Crippen molar-refractivity contribution >= 4 is 10.0 Å². The van der Waals surface area contributed by atoms with Crippen LogP contribution in [-0.2, 0) is 15.8 Å². The predicted octanol–water partition coefficient (Wildman–Crippen LogP) is 0.976. The zero-order chi connectivity index (χ0) is 14.3. The van der Waals surface area contributed by atoms with Gasteiger partial charge in [-0.15, -0.1) is 0 Å². The smallest absolute Gasteiger partial charge is 0.215 e. The molecule has 0 fully saturated rings. The summed E-state index contributed by atoms with van der Waals surface area (Å²) in [6.07, 6.45) is 0. The fraction of sp³-hybridized carbons (Fsp3) is 0.462. The maximum absolute atomic E-state index is 11.9. The molecule has 1 rings (SSSR count). The van der Waals surface area contributed by atoms with Crippen molar-refractivity contribution in [2.75, 3.05) is 13.1 Å². The van der Waals surface area contributed by atoms with Crippen molar-refractivity contribution in [2.45, 2.75) is 25.6 Å². The van der Waals surface area contributed by atoms with Gasteiger partial charge in [0.25, 0.3) is 0 Å². The molecular formula is C13H19N3O2S. The van der Waals surface area contributed by atoms with Crippen LogP contribution in [0.4, 0.5) is 0 Å². The van der Waals surface area contributed by atoms with E-state index in [0.29, 0.717) is 30.3 Å². The second kappa shape index (κ2) is 7.24. The number of hydrogen-bond donors (Lipinski definition) is 2. The second-order valence-electron chi connectivity index (χ2n) is 4.53. The van der Waals surface area contributed by atoms with Crippen LogP contribution in [-0.4, -0.2) is 27.5 Å². The lowest BCUT2D eigenvalue weighted by Crippen LogP contribution is -2.35. The van der Waals surface area contributed by atoms with Gasteiger partial charge in [-0.1, -0.05) is 32.0 Å². The lowest BCUT2D eigenvalue weighted by molar-refractivity contribution is 0.559. The molecule has 0 aliphatic heterocycles. The molecule has 5 nitrogen and oxygen atoms in total. The van der Waals surface area contributed by atoms with Crippen molar-refractivity contribution in [1.82, 2.24) is 10.0 Å². The number of nitriles is 1. The maximum atomic E-state index is 11.9. The van der Waals surface area contributed by atoms with E-state index in [0.717, 1.165) is 0 Å². The molecule has 1 aromatic rings. The molecule has 0 atom stereocenters. The zero-order valence-corrected chi connectivity index (χ0v) is 12.0. The first kappa shape index (κ1) is 15.6. The fourth-order valence-corrected chi connectivity index (χ4v) is 2.75. The normalized spacial score (nSPS) is 11.5. The van der Waals surface area contributed by atoms with Crippen molar-refractivity contribution in [3.05, 3.63) is 35.4 Å². The molecule has 0 saturated heterocycles. The van der Waals surface area contributed by atoms with Crippen LogP contribution in [0.2, 0.25) is 0 Å². The van der Waals surface area contributed by atoms with E-state index in [1.165, 1.54) is 0 Å². The lowest BCUT2D eigenvalue weighted by Gasteiger charge is -2.10. The van der Waals surface area contributed by atoms with Gasteiger partial charge in [0.15, 0.2) is 0 Å². The van der Waals surface area contributed by atoms with Crippen LogP contribution < -0.4 is 10.0 Å². The highest BCUT2D eigenvalue weighted by molar-refractivity contribution is 7.88. The molecule has 2 N–H and O–H groups in total. The summed E-state index contributed by atoms with van der Waals surface area (Å²) in [5.41, 5.74) is 0.919. The van der Waals surface area contributed by atoms with E-state index in [1.54, 1.807) is 24.3 Å². The van der Waals surface area contributed by atoms with E-state index in [4.69, 9.17) is 5.26 Å². The standard InChI is InChI=1S/C13H19N3O2S/c1-11(2)15-7-8-16-19(17,18)10-13-6-4-3-5-12(13)9-14/h3-6,11,15-16H,7-8,10H2,1-2H3. The number of nitrogens with zero attached hydrogens (tertiary/aromatic N) is 1. The van der Waals surface area contributed by atoms with Crippen LogP contribution in [0.1, 0.15) is 25.0 Å². The third-order valence-electron chi connectivity index (χ3n) is 2.48. The van der Waals surface area contributed by atoms with Gasteiger partial charge in [-0.25, -0.2) is 13.1 Å². The Morgan fingerprint density at radius 3 is 2.58 bits per heavy atom. The quantitative estimate of drug-likeness (QED) is 0.730. The third-order valence-corrected chi connectivity index (χ3v) is 3.82. The third kappa shape index (κ3) is 5.83. The summed E-state index contributed by atoms with van der Waals surface area (Å²) in [4.78, 5) is 0. The Morgan fingerprint density at radius 1 is 1.26 bits per heavy atom. The van der Waals surface area contributed by atoms with Crippen LogP contribution in [0.25, 0.3) is 0 Å². The maximum Gasteiger partial charge on any atom is 0.215 e. The van der Waals surface area contributed by atoms with Gasteiger partial charge in [0.05, 0.1) is 17.4 Å². The van der Waals surface area contributed by atoms with Crippen LogP contribution in [0.3, 0.4) is 0 Å². The topological polar surface area (TPSA) is 82.0 Å². The first-order chi connectivity index (χ1) is 8.94. The number of nitrogens with one attached hydrogen (secondary N) is 2. The molecule has 0 aromatic heterocycles. The van der Waals surface area contributed by atoms with Gasteiger partial charge in [0.1, 0.15) is 0 Å². The summed E-state index contributed by atoms with van der Waals surface area (Å²) < 4.78 is 26.2. The fourth-order valence-electron chi connectivity index (χ4n) is 1.58. The van der Waals surface area contributed by atoms with E-state index in [-0.39, 0.29) is 5.75 Å². The van der Waals surface area contributed by atoms with Gasteiger partial charge in [0, 0.05) is 19.1 Å². The Morgan fingerprint density at radius 2 is 1.95 bits per heavy atom. The molecule has 0 aliphatic rings. The number of rotatable bonds is 7. The highest BCUT2D eigenvalue weighted by Gasteiger charge is 2.13. The molecule has 0 spiro atoms. The van der Waals surface area contributed by atoms with Gasteiger partial charge in [-0.2, -0.15) is 5.26 Å². The molecule has 0 amide bonds. The molecule has 6 heteroatoms. The lowest BCUT2D eigenvalue weighted by atomic mass is 10.1. The highest BCUT2D eigenvalue weighted by Crippen LogP contribution is 2.10. The number of sulfonamides is 1. The molecular weight excluding hydrogens is 262 g/mol. The monoisotopic (exact) mass is 281 g/mol. The minimum atomic E-state index is -3.41. The van der Waals surface area contributed by atoms with Crippen molar-refractivity contribution in [3.8, 4) is 6.07 Å². The van der Waals surface area contributed by atoms with Crippen LogP contribution >= 0.6 is 0 Å². The van der Waals surface area contributed by atoms with E-state index in [1.807, 2.05) is 19.9 Å². The summed E-state index contributed by atoms with van der Waals surface area (Å²) in [5.74, 6) is -0.168. The average Bonchev–Trinajstić information content (AvgIpc) is 2.35. The molecule has 0 heterocycles. The van der Waals surface area contributed by atoms with Crippen molar-refractivity contribution in [3.63, 3.8) is 0 Å². The predicted molar refractivity (Wildman–Crippen MR) is 74.9 cm³/mol. The molecule has 19 heavy (non-hydrogen) atoms. The summed E-state index contributed by atoms with van der Waals surface area (Å²) in [6, 6.07) is 9.04. The van der Waals surface area contributed by atoms with Crippen LogP contribution in [0.5, 0.6) is 0 Å². The molecule has 0 aliphatic carbocycles. The van der Waals surface area contributed by atoms with Gasteiger partial charge >= 0.3 is 0 Å². The van der Waals surface area contributed by atoms with Gasteiger partial charge in [0.2, 0.25) is 10.0 Å². The summed E-state index contributed by atoms with van der Waals surface area (Å²) in [7, 11) is -3.41. The van der Waals surface area contributed by atoms with E-state index in [2.05, 4.69) is 10.0 Å². The Labute approximate surface area is 114 Å². The van der Waals surface area contributed by atoms with E-state index in [9.17, 15) is 8.42 Å². The zero-order valence-electron chi connectivity index (χ0n) is 11.2. The Hall–Kier alpha value is -1.42. The summed E-state index contributed by atoms with van der Waals surface area (Å²) in [5, 5.41) is 12.0. The van der Waals surface area contributed by atoms with Crippen molar-refractivity contribution in [2.24, 2.45) is 0 Å². The van der Waals surface area contributed by atoms with Crippen molar-refractivity contribution in [1.29, 1.82) is 5.26 Å². The number of benzene rings is 1. The minimum Gasteiger partial charge on any atom is -0.313 e. The van der Waals surface area contributed by atoms with Crippen LogP contribution in [0.15, 0.2) is 24.3 Å². The Balaban J connectivity index is 2.57. The Bertz CT molecular complexity index is 547.